The Morgan fingerprint density at radius 3 is 2.56 bits per heavy atom. The first kappa shape index (κ1) is 23.8. The van der Waals surface area contributed by atoms with Gasteiger partial charge in [0.15, 0.2) is 17.5 Å². The molecule has 9 heteroatoms. The summed E-state index contributed by atoms with van der Waals surface area (Å²) in [5.41, 5.74) is 1.13. The van der Waals surface area contributed by atoms with Crippen molar-refractivity contribution in [3.63, 3.8) is 0 Å². The predicted molar refractivity (Wildman–Crippen MR) is 121 cm³/mol. The molecule has 7 nitrogen and oxygen atoms in total. The van der Waals surface area contributed by atoms with Gasteiger partial charge in [-0.15, -0.1) is 0 Å². The number of hydrogen-bond donors (Lipinski definition) is 2. The summed E-state index contributed by atoms with van der Waals surface area (Å²) in [6.07, 6.45) is 8.25. The van der Waals surface area contributed by atoms with Crippen LogP contribution in [-0.4, -0.2) is 42.8 Å². The van der Waals surface area contributed by atoms with E-state index in [9.17, 15) is 8.78 Å². The van der Waals surface area contributed by atoms with Crippen LogP contribution in [0, 0.1) is 0 Å². The quantitative estimate of drug-likeness (QED) is 0.442. The van der Waals surface area contributed by atoms with Crippen LogP contribution in [0.1, 0.15) is 57.0 Å². The topological polar surface area (TPSA) is 72.7 Å². The lowest BCUT2D eigenvalue weighted by Crippen LogP contribution is -2.46. The van der Waals surface area contributed by atoms with Crippen LogP contribution >= 0.6 is 0 Å². The van der Waals surface area contributed by atoms with E-state index in [-0.39, 0.29) is 17.8 Å². The Morgan fingerprint density at radius 1 is 1.16 bits per heavy atom. The van der Waals surface area contributed by atoms with Crippen molar-refractivity contribution < 1.29 is 18.3 Å². The number of hydrogen-bond acceptors (Lipinski definition) is 4. The van der Waals surface area contributed by atoms with E-state index in [1.807, 2.05) is 13.0 Å². The summed E-state index contributed by atoms with van der Waals surface area (Å²) in [6, 6.07) is 6.13. The van der Waals surface area contributed by atoms with Gasteiger partial charge in [0.1, 0.15) is 12.4 Å². The molecule has 0 bridgehead atoms. The molecule has 0 saturated heterocycles. The number of guanidine groups is 1. The Labute approximate surface area is 188 Å². The summed E-state index contributed by atoms with van der Waals surface area (Å²) in [5.74, 6) is 2.24. The number of nitrogens with one attached hydrogen (secondary N) is 2. The second-order valence-electron chi connectivity index (χ2n) is 7.99. The molecule has 3 rings (SSSR count). The molecule has 1 saturated carbocycles. The highest BCUT2D eigenvalue weighted by molar-refractivity contribution is 5.79. The van der Waals surface area contributed by atoms with Crippen LogP contribution in [0.4, 0.5) is 8.78 Å². The summed E-state index contributed by atoms with van der Waals surface area (Å²) in [6.45, 7) is 0.752. The number of halogens is 2. The summed E-state index contributed by atoms with van der Waals surface area (Å²) in [7, 11) is 3.28. The summed E-state index contributed by atoms with van der Waals surface area (Å²) in [4.78, 5) is 8.51. The van der Waals surface area contributed by atoms with Crippen molar-refractivity contribution in [2.45, 2.75) is 57.5 Å². The van der Waals surface area contributed by atoms with E-state index in [1.165, 1.54) is 24.4 Å². The third-order valence-corrected chi connectivity index (χ3v) is 6.08. The molecule has 2 N–H and O–H groups in total. The van der Waals surface area contributed by atoms with E-state index in [1.54, 1.807) is 14.2 Å². The van der Waals surface area contributed by atoms with E-state index >= 15 is 0 Å². The number of rotatable bonds is 9. The van der Waals surface area contributed by atoms with Gasteiger partial charge in [0.05, 0.1) is 14.2 Å². The zero-order valence-corrected chi connectivity index (χ0v) is 19.0. The second-order valence-corrected chi connectivity index (χ2v) is 7.99. The SMILES string of the molecule is CCNC(=NCc1nccn1C(F)F)NCC1(c2ccc(OC)c(OC)c2)CCCCC1. The Morgan fingerprint density at radius 2 is 1.91 bits per heavy atom. The molecule has 1 aromatic carbocycles. The van der Waals surface area contributed by atoms with Crippen molar-refractivity contribution in [2.75, 3.05) is 27.3 Å². The van der Waals surface area contributed by atoms with Gasteiger partial charge in [-0.3, -0.25) is 4.57 Å². The maximum absolute atomic E-state index is 13.1. The molecule has 1 heterocycles. The number of aromatic nitrogens is 2. The fourth-order valence-electron chi connectivity index (χ4n) is 4.35. The maximum Gasteiger partial charge on any atom is 0.319 e. The molecule has 0 spiro atoms. The zero-order valence-electron chi connectivity index (χ0n) is 19.0. The first-order valence-electron chi connectivity index (χ1n) is 11.1. The molecule has 0 amide bonds. The van der Waals surface area contributed by atoms with Gasteiger partial charge >= 0.3 is 6.55 Å². The zero-order chi connectivity index (χ0) is 23.0. The highest BCUT2D eigenvalue weighted by Crippen LogP contribution is 2.42. The first-order valence-corrected chi connectivity index (χ1v) is 11.1. The standard InChI is InChI=1S/C23H33F2N5O2/c1-4-26-22(28-15-20-27-12-13-30(20)21(24)25)29-16-23(10-6-5-7-11-23)17-8-9-18(31-2)19(14-17)32-3/h8-9,12-14,21H,4-7,10-11,15-16H2,1-3H3,(H2,26,28,29). The highest BCUT2D eigenvalue weighted by Gasteiger charge is 2.34. The average Bonchev–Trinajstić information content (AvgIpc) is 3.30. The molecule has 1 aliphatic carbocycles. The molecule has 32 heavy (non-hydrogen) atoms. The molecule has 0 unspecified atom stereocenters. The maximum atomic E-state index is 13.1. The average molecular weight is 450 g/mol. The minimum absolute atomic E-state index is 0.0655. The van der Waals surface area contributed by atoms with Gasteiger partial charge in [-0.25, -0.2) is 9.98 Å². The van der Waals surface area contributed by atoms with Crippen LogP contribution < -0.4 is 20.1 Å². The van der Waals surface area contributed by atoms with Crippen molar-refractivity contribution in [1.82, 2.24) is 20.2 Å². The molecule has 0 atom stereocenters. The summed E-state index contributed by atoms with van der Waals surface area (Å²) in [5, 5.41) is 6.66. The summed E-state index contributed by atoms with van der Waals surface area (Å²) >= 11 is 0. The fraction of sp³-hybridized carbons (Fsp3) is 0.565. The van der Waals surface area contributed by atoms with Gasteiger partial charge in [0.25, 0.3) is 0 Å². The Balaban J connectivity index is 1.80. The Kier molecular flexibility index (Phi) is 8.30. The number of alkyl halides is 2. The second kappa shape index (κ2) is 11.2. The van der Waals surface area contributed by atoms with E-state index < -0.39 is 6.55 Å². The van der Waals surface area contributed by atoms with Gasteiger partial charge in [-0.05, 0) is 37.5 Å². The lowest BCUT2D eigenvalue weighted by Gasteiger charge is -2.38. The minimum Gasteiger partial charge on any atom is -0.493 e. The molecule has 0 aliphatic heterocycles. The molecule has 1 aliphatic rings. The molecule has 1 aromatic heterocycles. The van der Waals surface area contributed by atoms with E-state index in [0.29, 0.717) is 30.5 Å². The third-order valence-electron chi connectivity index (χ3n) is 6.08. The number of nitrogens with zero attached hydrogens (tertiary/aromatic N) is 3. The molecule has 0 radical (unpaired) electrons. The summed E-state index contributed by atoms with van der Waals surface area (Å²) < 4.78 is 38.0. The van der Waals surface area contributed by atoms with Crippen LogP contribution in [0.5, 0.6) is 11.5 Å². The number of imidazole rings is 1. The lowest BCUT2D eigenvalue weighted by atomic mass is 9.69. The molecule has 1 fully saturated rings. The molecule has 176 valence electrons. The monoisotopic (exact) mass is 449 g/mol. The number of methoxy groups -OCH3 is 2. The van der Waals surface area contributed by atoms with Gasteiger partial charge in [0.2, 0.25) is 0 Å². The van der Waals surface area contributed by atoms with Crippen LogP contribution in [0.2, 0.25) is 0 Å². The van der Waals surface area contributed by atoms with E-state index in [4.69, 9.17) is 9.47 Å². The third kappa shape index (κ3) is 5.49. The van der Waals surface area contributed by atoms with Crippen molar-refractivity contribution >= 4 is 5.96 Å². The van der Waals surface area contributed by atoms with E-state index in [0.717, 1.165) is 30.3 Å². The highest BCUT2D eigenvalue weighted by atomic mass is 19.3. The van der Waals surface area contributed by atoms with Gasteiger partial charge in [0, 0.05) is 30.9 Å². The van der Waals surface area contributed by atoms with Crippen LogP contribution in [0.25, 0.3) is 0 Å². The first-order chi connectivity index (χ1) is 15.5. The fourth-order valence-corrected chi connectivity index (χ4v) is 4.35. The molecular formula is C23H33F2N5O2. The van der Waals surface area contributed by atoms with Crippen molar-refractivity contribution in [3.05, 3.63) is 42.0 Å². The molecule has 2 aromatic rings. The van der Waals surface area contributed by atoms with Crippen molar-refractivity contribution in [1.29, 1.82) is 0 Å². The Bertz CT molecular complexity index is 894. The Hall–Kier alpha value is -2.84. The molecular weight excluding hydrogens is 416 g/mol. The van der Waals surface area contributed by atoms with Gasteiger partial charge in [-0.2, -0.15) is 8.78 Å². The van der Waals surface area contributed by atoms with Crippen LogP contribution in [-0.2, 0) is 12.0 Å². The number of aliphatic imine (C=N–C) groups is 1. The van der Waals surface area contributed by atoms with E-state index in [2.05, 4.69) is 32.7 Å². The van der Waals surface area contributed by atoms with Crippen LogP contribution in [0.15, 0.2) is 35.6 Å². The lowest BCUT2D eigenvalue weighted by molar-refractivity contribution is 0.0671. The predicted octanol–water partition coefficient (Wildman–Crippen LogP) is 4.25. The largest absolute Gasteiger partial charge is 0.493 e. The minimum atomic E-state index is -2.63. The normalized spacial score (nSPS) is 16.1. The number of ether oxygens (including phenoxy) is 2. The van der Waals surface area contributed by atoms with Crippen molar-refractivity contribution in [2.24, 2.45) is 4.99 Å². The number of benzene rings is 1. The van der Waals surface area contributed by atoms with Gasteiger partial charge in [-0.1, -0.05) is 25.3 Å². The smallest absolute Gasteiger partial charge is 0.319 e. The van der Waals surface area contributed by atoms with Gasteiger partial charge < -0.3 is 20.1 Å². The van der Waals surface area contributed by atoms with Crippen molar-refractivity contribution in [3.8, 4) is 11.5 Å². The van der Waals surface area contributed by atoms with Crippen LogP contribution in [0.3, 0.4) is 0 Å².